The van der Waals surface area contributed by atoms with Crippen molar-refractivity contribution in [2.24, 2.45) is 0 Å². The summed E-state index contributed by atoms with van der Waals surface area (Å²) in [5.74, 6) is 0. The summed E-state index contributed by atoms with van der Waals surface area (Å²) in [7, 11) is 0. The molecule has 1 aromatic carbocycles. The molecule has 3 nitrogen and oxygen atoms in total. The highest BCUT2D eigenvalue weighted by Gasteiger charge is 2.15. The zero-order chi connectivity index (χ0) is 13.7. The number of aliphatic hydroxyl groups excluding tert-OH is 1. The van der Waals surface area contributed by atoms with Crippen molar-refractivity contribution in [3.8, 4) is 0 Å². The number of nitrogens with zero attached hydrogens (tertiary/aromatic N) is 1. The van der Waals surface area contributed by atoms with Gasteiger partial charge in [-0.3, -0.25) is 0 Å². The van der Waals surface area contributed by atoms with Gasteiger partial charge >= 0.3 is 0 Å². The summed E-state index contributed by atoms with van der Waals surface area (Å²) in [4.78, 5) is 2.35. The number of aliphatic hydroxyl groups is 1. The van der Waals surface area contributed by atoms with Gasteiger partial charge in [-0.15, -0.1) is 0 Å². The highest BCUT2D eigenvalue weighted by atomic mass is 16.3. The van der Waals surface area contributed by atoms with Crippen molar-refractivity contribution >= 4 is 0 Å². The van der Waals surface area contributed by atoms with Crippen molar-refractivity contribution in [1.82, 2.24) is 10.2 Å². The van der Waals surface area contributed by atoms with Crippen LogP contribution >= 0.6 is 0 Å². The molecule has 3 heteroatoms. The van der Waals surface area contributed by atoms with Crippen LogP contribution in [0.2, 0.25) is 0 Å². The normalized spacial score (nSPS) is 17.8. The molecule has 0 amide bonds. The minimum absolute atomic E-state index is 0.260. The number of nitrogens with one attached hydrogen (secondary N) is 1. The molecule has 0 spiro atoms. The van der Waals surface area contributed by atoms with Gasteiger partial charge in [0, 0.05) is 19.6 Å². The summed E-state index contributed by atoms with van der Waals surface area (Å²) >= 11 is 0. The molecule has 0 aliphatic carbocycles. The third-order valence-corrected chi connectivity index (χ3v) is 3.95. The number of hydrogen-bond donors (Lipinski definition) is 2. The molecule has 2 rings (SSSR count). The van der Waals surface area contributed by atoms with Crippen LogP contribution in [-0.4, -0.2) is 42.3 Å². The number of β-amino-alcohol motifs (C(OH)–C–C–N with tert-alkyl or cyclic N) is 1. The second-order valence-electron chi connectivity index (χ2n) is 5.71. The molecule has 2 N–H and O–H groups in total. The maximum Gasteiger partial charge on any atom is 0.0791 e. The van der Waals surface area contributed by atoms with Crippen LogP contribution < -0.4 is 5.32 Å². The molecular weight excluding hydrogens is 236 g/mol. The Labute approximate surface area is 116 Å². The summed E-state index contributed by atoms with van der Waals surface area (Å²) in [5.41, 5.74) is 3.95. The van der Waals surface area contributed by atoms with Crippen LogP contribution in [0.15, 0.2) is 18.2 Å². The van der Waals surface area contributed by atoms with Gasteiger partial charge in [0.1, 0.15) is 0 Å². The van der Waals surface area contributed by atoms with Crippen molar-refractivity contribution < 1.29 is 5.11 Å². The molecule has 19 heavy (non-hydrogen) atoms. The molecule has 106 valence electrons. The van der Waals surface area contributed by atoms with E-state index in [0.717, 1.165) is 26.2 Å². The molecule has 0 radical (unpaired) electrons. The van der Waals surface area contributed by atoms with Crippen LogP contribution in [0.4, 0.5) is 0 Å². The molecule has 1 fully saturated rings. The van der Waals surface area contributed by atoms with E-state index in [0.29, 0.717) is 6.54 Å². The van der Waals surface area contributed by atoms with E-state index in [1.807, 2.05) is 0 Å². The molecule has 1 aromatic rings. The second-order valence-corrected chi connectivity index (χ2v) is 5.71. The van der Waals surface area contributed by atoms with E-state index in [4.69, 9.17) is 0 Å². The second kappa shape index (κ2) is 7.04. The van der Waals surface area contributed by atoms with E-state index in [1.165, 1.54) is 29.5 Å². The molecule has 1 heterocycles. The van der Waals surface area contributed by atoms with Crippen LogP contribution in [0.5, 0.6) is 0 Å². The number of rotatable bonds is 6. The van der Waals surface area contributed by atoms with Crippen molar-refractivity contribution in [3.05, 3.63) is 34.9 Å². The van der Waals surface area contributed by atoms with Gasteiger partial charge in [0.15, 0.2) is 0 Å². The zero-order valence-electron chi connectivity index (χ0n) is 12.2. The van der Waals surface area contributed by atoms with Crippen molar-refractivity contribution in [1.29, 1.82) is 0 Å². The molecule has 0 aromatic heterocycles. The van der Waals surface area contributed by atoms with Gasteiger partial charge in [0.05, 0.1) is 6.10 Å². The summed E-state index contributed by atoms with van der Waals surface area (Å²) in [5, 5.41) is 13.3. The molecule has 1 atom stereocenters. The topological polar surface area (TPSA) is 35.5 Å². The summed E-state index contributed by atoms with van der Waals surface area (Å²) in [6, 6.07) is 6.53. The van der Waals surface area contributed by atoms with Crippen LogP contribution in [0.25, 0.3) is 0 Å². The van der Waals surface area contributed by atoms with E-state index in [1.54, 1.807) is 0 Å². The number of benzene rings is 1. The molecule has 1 aliphatic heterocycles. The van der Waals surface area contributed by atoms with E-state index in [2.05, 4.69) is 42.3 Å². The van der Waals surface area contributed by atoms with Crippen LogP contribution in [-0.2, 0) is 6.54 Å². The smallest absolute Gasteiger partial charge is 0.0791 e. The lowest BCUT2D eigenvalue weighted by Gasteiger charge is -2.19. The Kier molecular flexibility index (Phi) is 5.37. The average Bonchev–Trinajstić information content (AvgIpc) is 2.86. The third kappa shape index (κ3) is 4.60. The fourth-order valence-electron chi connectivity index (χ4n) is 2.62. The molecule has 1 saturated heterocycles. The fraction of sp³-hybridized carbons (Fsp3) is 0.625. The Hall–Kier alpha value is -0.900. The molecule has 0 bridgehead atoms. The van der Waals surface area contributed by atoms with Gasteiger partial charge in [-0.1, -0.05) is 18.2 Å². The Balaban J connectivity index is 1.68. The standard InChI is InChI=1S/C16H26N2O/c1-13-5-6-15(9-14(13)2)10-17-11-16(19)12-18-7-3-4-8-18/h5-6,9,16-17,19H,3-4,7-8,10-12H2,1-2H3. The summed E-state index contributed by atoms with van der Waals surface area (Å²) in [6.07, 6.45) is 2.30. The van der Waals surface area contributed by atoms with Gasteiger partial charge in [-0.05, 0) is 56.5 Å². The van der Waals surface area contributed by atoms with E-state index < -0.39 is 0 Å². The average molecular weight is 262 g/mol. The summed E-state index contributed by atoms with van der Waals surface area (Å²) in [6.45, 7) is 8.87. The molecule has 0 saturated carbocycles. The Morgan fingerprint density at radius 2 is 1.95 bits per heavy atom. The quantitative estimate of drug-likeness (QED) is 0.821. The third-order valence-electron chi connectivity index (χ3n) is 3.95. The van der Waals surface area contributed by atoms with E-state index in [9.17, 15) is 5.11 Å². The van der Waals surface area contributed by atoms with Crippen LogP contribution in [0.3, 0.4) is 0 Å². The first-order chi connectivity index (χ1) is 9.15. The lowest BCUT2D eigenvalue weighted by Crippen LogP contribution is -2.36. The SMILES string of the molecule is Cc1ccc(CNCC(O)CN2CCCC2)cc1C. The number of hydrogen-bond acceptors (Lipinski definition) is 3. The Morgan fingerprint density at radius 3 is 2.63 bits per heavy atom. The minimum Gasteiger partial charge on any atom is -0.390 e. The van der Waals surface area contributed by atoms with Gasteiger partial charge < -0.3 is 15.3 Å². The monoisotopic (exact) mass is 262 g/mol. The van der Waals surface area contributed by atoms with Gasteiger partial charge in [0.25, 0.3) is 0 Å². The maximum absolute atomic E-state index is 9.98. The van der Waals surface area contributed by atoms with Crippen molar-refractivity contribution in [2.75, 3.05) is 26.2 Å². The highest BCUT2D eigenvalue weighted by molar-refractivity contribution is 5.29. The van der Waals surface area contributed by atoms with Gasteiger partial charge in [-0.25, -0.2) is 0 Å². The maximum atomic E-state index is 9.98. The molecular formula is C16H26N2O. The first-order valence-corrected chi connectivity index (χ1v) is 7.32. The minimum atomic E-state index is -0.260. The highest BCUT2D eigenvalue weighted by Crippen LogP contribution is 2.10. The fourth-order valence-corrected chi connectivity index (χ4v) is 2.62. The van der Waals surface area contributed by atoms with Gasteiger partial charge in [0.2, 0.25) is 0 Å². The van der Waals surface area contributed by atoms with Crippen LogP contribution in [0, 0.1) is 13.8 Å². The molecule has 1 unspecified atom stereocenters. The van der Waals surface area contributed by atoms with Crippen molar-refractivity contribution in [3.63, 3.8) is 0 Å². The Morgan fingerprint density at radius 1 is 1.21 bits per heavy atom. The lowest BCUT2D eigenvalue weighted by atomic mass is 10.1. The van der Waals surface area contributed by atoms with E-state index in [-0.39, 0.29) is 6.10 Å². The number of likely N-dealkylation sites (tertiary alicyclic amines) is 1. The zero-order valence-corrected chi connectivity index (χ0v) is 12.2. The lowest BCUT2D eigenvalue weighted by molar-refractivity contribution is 0.123. The predicted octanol–water partition coefficient (Wildman–Crippen LogP) is 1.85. The van der Waals surface area contributed by atoms with Crippen molar-refractivity contribution in [2.45, 2.75) is 39.3 Å². The summed E-state index contributed by atoms with van der Waals surface area (Å²) < 4.78 is 0. The first-order valence-electron chi connectivity index (χ1n) is 7.32. The van der Waals surface area contributed by atoms with Crippen LogP contribution in [0.1, 0.15) is 29.5 Å². The largest absolute Gasteiger partial charge is 0.390 e. The van der Waals surface area contributed by atoms with Gasteiger partial charge in [-0.2, -0.15) is 0 Å². The van der Waals surface area contributed by atoms with E-state index >= 15 is 0 Å². The molecule has 1 aliphatic rings. The number of aryl methyl sites for hydroxylation is 2. The predicted molar refractivity (Wildman–Crippen MR) is 79.3 cm³/mol. The Bertz CT molecular complexity index is 400. The first kappa shape index (κ1) is 14.5.